The van der Waals surface area contributed by atoms with E-state index in [0.717, 1.165) is 0 Å². The molecule has 0 saturated carbocycles. The third-order valence-corrected chi connectivity index (χ3v) is 3.00. The van der Waals surface area contributed by atoms with Gasteiger partial charge in [0.25, 0.3) is 0 Å². The van der Waals surface area contributed by atoms with Gasteiger partial charge in [0.1, 0.15) is 11.3 Å². The van der Waals surface area contributed by atoms with E-state index in [0.29, 0.717) is 5.56 Å². The van der Waals surface area contributed by atoms with E-state index in [4.69, 9.17) is 4.42 Å². The van der Waals surface area contributed by atoms with Gasteiger partial charge in [0.2, 0.25) is 0 Å². The number of furan rings is 1. The zero-order valence-electron chi connectivity index (χ0n) is 9.82. The van der Waals surface area contributed by atoms with Gasteiger partial charge in [-0.25, -0.2) is 0 Å². The van der Waals surface area contributed by atoms with E-state index in [1.54, 1.807) is 48.5 Å². The molecule has 0 fully saturated rings. The van der Waals surface area contributed by atoms with Crippen LogP contribution in [-0.2, 0) is 0 Å². The number of hydrogen-bond acceptors (Lipinski definition) is 1. The highest BCUT2D eigenvalue weighted by Crippen LogP contribution is 2.30. The molecule has 0 aliphatic rings. The predicted octanol–water partition coefficient (Wildman–Crippen LogP) is 4.15. The van der Waals surface area contributed by atoms with Crippen LogP contribution in [0.25, 0.3) is 22.3 Å². The van der Waals surface area contributed by atoms with Crippen LogP contribution in [0.4, 0.5) is 12.9 Å². The average Bonchev–Trinajstić information content (AvgIpc) is 2.79. The summed E-state index contributed by atoms with van der Waals surface area (Å²) in [4.78, 5) is 0. The molecular formula is C14H9BF3O-. The van der Waals surface area contributed by atoms with E-state index in [1.165, 1.54) is 6.07 Å². The minimum atomic E-state index is -5.13. The lowest BCUT2D eigenvalue weighted by atomic mass is 9.76. The minimum Gasteiger partial charge on any atom is -0.459 e. The van der Waals surface area contributed by atoms with Crippen LogP contribution in [0.1, 0.15) is 0 Å². The third-order valence-electron chi connectivity index (χ3n) is 3.00. The van der Waals surface area contributed by atoms with Crippen molar-refractivity contribution < 1.29 is 17.4 Å². The Hall–Kier alpha value is -2.17. The maximum atomic E-state index is 13.3. The van der Waals surface area contributed by atoms with Crippen LogP contribution in [0.5, 0.6) is 0 Å². The molecule has 5 heteroatoms. The Labute approximate surface area is 107 Å². The van der Waals surface area contributed by atoms with Crippen molar-refractivity contribution in [2.45, 2.75) is 0 Å². The van der Waals surface area contributed by atoms with Gasteiger partial charge in [0.05, 0.1) is 0 Å². The summed E-state index contributed by atoms with van der Waals surface area (Å²) in [7, 11) is 0. The fourth-order valence-electron chi connectivity index (χ4n) is 2.19. The molecule has 0 aliphatic heterocycles. The second-order valence-electron chi connectivity index (χ2n) is 4.28. The van der Waals surface area contributed by atoms with Gasteiger partial charge in [0, 0.05) is 5.56 Å². The van der Waals surface area contributed by atoms with Crippen LogP contribution < -0.4 is 5.46 Å². The number of hydrogen-bond donors (Lipinski definition) is 0. The zero-order valence-corrected chi connectivity index (χ0v) is 9.82. The molecule has 0 atom stereocenters. The summed E-state index contributed by atoms with van der Waals surface area (Å²) < 4.78 is 45.3. The van der Waals surface area contributed by atoms with Crippen LogP contribution in [0, 0.1) is 0 Å². The molecule has 0 radical (unpaired) electrons. The minimum absolute atomic E-state index is 0.102. The maximum Gasteiger partial charge on any atom is 0.514 e. The Bertz CT molecular complexity index is 716. The molecule has 1 nitrogen and oxygen atoms in total. The molecule has 0 aliphatic carbocycles. The Kier molecular flexibility index (Phi) is 2.62. The highest BCUT2D eigenvalue weighted by atomic mass is 19.4. The maximum absolute atomic E-state index is 13.3. The lowest BCUT2D eigenvalue weighted by molar-refractivity contribution is 0.500. The highest BCUT2D eigenvalue weighted by molar-refractivity contribution is 6.77. The number of benzene rings is 2. The summed E-state index contributed by atoms with van der Waals surface area (Å²) in [5.74, 6) is -0.102. The van der Waals surface area contributed by atoms with E-state index < -0.39 is 12.4 Å². The molecule has 96 valence electrons. The smallest absolute Gasteiger partial charge is 0.459 e. The lowest BCUT2D eigenvalue weighted by Crippen LogP contribution is -2.34. The van der Waals surface area contributed by atoms with E-state index in [9.17, 15) is 12.9 Å². The first-order chi connectivity index (χ1) is 9.07. The molecule has 19 heavy (non-hydrogen) atoms. The Balaban J connectivity index is 2.36. The Morgan fingerprint density at radius 1 is 0.789 bits per heavy atom. The summed E-state index contributed by atoms with van der Waals surface area (Å²) >= 11 is 0. The van der Waals surface area contributed by atoms with Crippen LogP contribution in [0.3, 0.4) is 0 Å². The summed E-state index contributed by atoms with van der Waals surface area (Å²) in [6.45, 7) is -5.13. The highest BCUT2D eigenvalue weighted by Gasteiger charge is 2.33. The molecule has 1 aromatic heterocycles. The van der Waals surface area contributed by atoms with Crippen molar-refractivity contribution in [2.75, 3.05) is 0 Å². The van der Waals surface area contributed by atoms with Gasteiger partial charge in [-0.15, -0.1) is 0 Å². The normalized spacial score (nSPS) is 11.9. The molecule has 1 heterocycles. The molecule has 0 saturated heterocycles. The van der Waals surface area contributed by atoms with Gasteiger partial charge in [-0.2, -0.15) is 0 Å². The fourth-order valence-corrected chi connectivity index (χ4v) is 2.19. The number of rotatable bonds is 2. The first-order valence-corrected chi connectivity index (χ1v) is 5.84. The predicted molar refractivity (Wildman–Crippen MR) is 70.4 cm³/mol. The van der Waals surface area contributed by atoms with Crippen LogP contribution in [0.2, 0.25) is 0 Å². The second kappa shape index (κ2) is 4.19. The van der Waals surface area contributed by atoms with Gasteiger partial charge in [-0.3, -0.25) is 0 Å². The summed E-state index contributed by atoms with van der Waals surface area (Å²) in [6, 6.07) is 14.6. The van der Waals surface area contributed by atoms with Crippen molar-refractivity contribution in [3.05, 3.63) is 54.6 Å². The molecule has 0 bridgehead atoms. The zero-order chi connectivity index (χ0) is 13.5. The van der Waals surface area contributed by atoms with Gasteiger partial charge < -0.3 is 17.4 Å². The van der Waals surface area contributed by atoms with Crippen molar-refractivity contribution >= 4 is 23.4 Å². The van der Waals surface area contributed by atoms with Crippen LogP contribution >= 0.6 is 0 Å². The molecule has 0 unspecified atom stereocenters. The monoisotopic (exact) mass is 261 g/mol. The summed E-state index contributed by atoms with van der Waals surface area (Å²) in [5.41, 5.74) is 0.0465. The van der Waals surface area contributed by atoms with Crippen LogP contribution in [-0.4, -0.2) is 6.98 Å². The third kappa shape index (κ3) is 2.01. The molecule has 3 rings (SSSR count). The Morgan fingerprint density at radius 3 is 2.11 bits per heavy atom. The summed E-state index contributed by atoms with van der Waals surface area (Å²) in [5, 5.41) is 0.119. The topological polar surface area (TPSA) is 13.1 Å². The van der Waals surface area contributed by atoms with E-state index >= 15 is 0 Å². The molecule has 0 spiro atoms. The largest absolute Gasteiger partial charge is 0.514 e. The van der Waals surface area contributed by atoms with E-state index in [2.05, 4.69) is 0 Å². The van der Waals surface area contributed by atoms with Crippen LogP contribution in [0.15, 0.2) is 59.0 Å². The standard InChI is InChI=1S/C14H9BF3O/c16-15(17,18)13-11-8-4-5-9-12(11)19-14(13)10-6-2-1-3-7-10/h1-9H/q-1. The number of halogens is 3. The second-order valence-corrected chi connectivity index (χ2v) is 4.28. The molecule has 0 amide bonds. The van der Waals surface area contributed by atoms with Crippen molar-refractivity contribution in [3.8, 4) is 11.3 Å². The first-order valence-electron chi connectivity index (χ1n) is 5.84. The molecular weight excluding hydrogens is 252 g/mol. The Morgan fingerprint density at radius 2 is 1.42 bits per heavy atom. The van der Waals surface area contributed by atoms with Crippen molar-refractivity contribution in [1.82, 2.24) is 0 Å². The van der Waals surface area contributed by atoms with Crippen molar-refractivity contribution in [1.29, 1.82) is 0 Å². The van der Waals surface area contributed by atoms with Gasteiger partial charge in [0.15, 0.2) is 0 Å². The van der Waals surface area contributed by atoms with E-state index in [-0.39, 0.29) is 16.7 Å². The SMILES string of the molecule is F[B-](F)(F)c1c(-c2ccccc2)oc2ccccc12. The van der Waals surface area contributed by atoms with Gasteiger partial charge in [-0.05, 0) is 11.5 Å². The number of para-hydroxylation sites is 1. The average molecular weight is 261 g/mol. The number of fused-ring (bicyclic) bond motifs is 1. The summed E-state index contributed by atoms with van der Waals surface area (Å²) in [6.07, 6.45) is 0. The quantitative estimate of drug-likeness (QED) is 0.631. The van der Waals surface area contributed by atoms with Crippen molar-refractivity contribution in [3.63, 3.8) is 0 Å². The molecule has 2 aromatic carbocycles. The fraction of sp³-hybridized carbons (Fsp3) is 0. The molecule has 0 N–H and O–H groups in total. The van der Waals surface area contributed by atoms with E-state index in [1.807, 2.05) is 0 Å². The lowest BCUT2D eigenvalue weighted by Gasteiger charge is -2.15. The van der Waals surface area contributed by atoms with Crippen molar-refractivity contribution in [2.24, 2.45) is 0 Å². The first kappa shape index (κ1) is 11.9. The van der Waals surface area contributed by atoms with Gasteiger partial charge >= 0.3 is 6.98 Å². The molecule has 3 aromatic rings. The van der Waals surface area contributed by atoms with Gasteiger partial charge in [-0.1, -0.05) is 54.0 Å².